The zero-order valence-corrected chi connectivity index (χ0v) is 10.00. The molecule has 2 rings (SSSR count). The first-order valence-corrected chi connectivity index (χ1v) is 6.22. The normalized spacial score (nSPS) is 24.4. The van der Waals surface area contributed by atoms with E-state index in [1.54, 1.807) is 0 Å². The van der Waals surface area contributed by atoms with Crippen LogP contribution < -0.4 is 0 Å². The summed E-state index contributed by atoms with van der Waals surface area (Å²) in [5, 5.41) is 0.580. The van der Waals surface area contributed by atoms with Crippen molar-refractivity contribution in [3.63, 3.8) is 0 Å². The Kier molecular flexibility index (Phi) is 3.32. The molecule has 0 radical (unpaired) electrons. The first-order valence-electron chi connectivity index (χ1n) is 5.34. The lowest BCUT2D eigenvalue weighted by molar-refractivity contribution is 0.752. The molecule has 1 aromatic carbocycles. The first kappa shape index (κ1) is 10.6. The molecule has 0 saturated carbocycles. The summed E-state index contributed by atoms with van der Waals surface area (Å²) >= 11 is 1.95. The highest BCUT2D eigenvalue weighted by atomic mass is 32.2. The molecule has 0 nitrogen and oxygen atoms in total. The highest BCUT2D eigenvalue weighted by Crippen LogP contribution is 2.31. The Bertz CT molecular complexity index is 390. The lowest BCUT2D eigenvalue weighted by atomic mass is 10.0. The molecular formula is C14H16S. The molecule has 2 atom stereocenters. The molecule has 0 aromatic heterocycles. The number of allylic oxidation sites excluding steroid dienone is 3. The number of hydrogen-bond donors (Lipinski definition) is 0. The van der Waals surface area contributed by atoms with Crippen LogP contribution in [0.5, 0.6) is 0 Å². The molecule has 0 bridgehead atoms. The molecule has 2 unspecified atom stereocenters. The van der Waals surface area contributed by atoms with Crippen molar-refractivity contribution < 1.29 is 0 Å². The van der Waals surface area contributed by atoms with Gasteiger partial charge in [0.2, 0.25) is 0 Å². The summed E-state index contributed by atoms with van der Waals surface area (Å²) in [5.41, 5.74) is 1.34. The summed E-state index contributed by atoms with van der Waals surface area (Å²) in [7, 11) is 0. The van der Waals surface area contributed by atoms with Gasteiger partial charge in [-0.15, -0.1) is 11.8 Å². The van der Waals surface area contributed by atoms with Crippen LogP contribution in [0.3, 0.4) is 0 Å². The zero-order chi connectivity index (χ0) is 10.7. The summed E-state index contributed by atoms with van der Waals surface area (Å²) < 4.78 is 0. The number of benzene rings is 1. The fourth-order valence-electron chi connectivity index (χ4n) is 1.69. The quantitative estimate of drug-likeness (QED) is 0.713. The summed E-state index contributed by atoms with van der Waals surface area (Å²) in [4.78, 5) is 1.37. The lowest BCUT2D eigenvalue weighted by Crippen LogP contribution is -2.10. The van der Waals surface area contributed by atoms with Gasteiger partial charge in [-0.3, -0.25) is 0 Å². The molecule has 1 aromatic rings. The Morgan fingerprint density at radius 2 is 1.93 bits per heavy atom. The Morgan fingerprint density at radius 3 is 2.67 bits per heavy atom. The van der Waals surface area contributed by atoms with Gasteiger partial charge in [0, 0.05) is 10.1 Å². The lowest BCUT2D eigenvalue weighted by Gasteiger charge is -2.19. The van der Waals surface area contributed by atoms with Crippen LogP contribution in [-0.2, 0) is 0 Å². The van der Waals surface area contributed by atoms with E-state index in [-0.39, 0.29) is 0 Å². The van der Waals surface area contributed by atoms with E-state index in [0.717, 1.165) is 0 Å². The van der Waals surface area contributed by atoms with Crippen molar-refractivity contribution in [1.29, 1.82) is 0 Å². The number of aryl methyl sites for hydroxylation is 1. The van der Waals surface area contributed by atoms with Crippen molar-refractivity contribution >= 4 is 11.8 Å². The largest absolute Gasteiger partial charge is 0.118 e. The third kappa shape index (κ3) is 2.75. The highest BCUT2D eigenvalue weighted by Gasteiger charge is 2.14. The highest BCUT2D eigenvalue weighted by molar-refractivity contribution is 8.00. The molecule has 0 N–H and O–H groups in total. The van der Waals surface area contributed by atoms with Crippen molar-refractivity contribution in [2.75, 3.05) is 0 Å². The Balaban J connectivity index is 2.09. The monoisotopic (exact) mass is 216 g/mol. The van der Waals surface area contributed by atoms with E-state index in [1.807, 2.05) is 11.8 Å². The number of hydrogen-bond acceptors (Lipinski definition) is 1. The van der Waals surface area contributed by atoms with Gasteiger partial charge in [-0.2, -0.15) is 0 Å². The average molecular weight is 216 g/mol. The van der Waals surface area contributed by atoms with Gasteiger partial charge in [0.1, 0.15) is 0 Å². The summed E-state index contributed by atoms with van der Waals surface area (Å²) in [6, 6.07) is 8.72. The average Bonchev–Trinajstić information content (AvgIpc) is 2.22. The van der Waals surface area contributed by atoms with Gasteiger partial charge in [0.25, 0.3) is 0 Å². The topological polar surface area (TPSA) is 0 Å². The fraction of sp³-hybridized carbons (Fsp3) is 0.286. The van der Waals surface area contributed by atoms with Gasteiger partial charge >= 0.3 is 0 Å². The number of rotatable bonds is 2. The Labute approximate surface area is 96.1 Å². The fourth-order valence-corrected chi connectivity index (χ4v) is 2.89. The molecule has 0 aliphatic heterocycles. The summed E-state index contributed by atoms with van der Waals surface area (Å²) in [5.74, 6) is 0.625. The van der Waals surface area contributed by atoms with Gasteiger partial charge in [0.05, 0.1) is 0 Å². The third-order valence-electron chi connectivity index (χ3n) is 2.61. The standard InChI is InChI=1S/C14H16S/c1-11-6-5-8-13(10-11)15-14-9-4-3-7-12(14)2/h3-10,12,14H,1-2H3. The van der Waals surface area contributed by atoms with Crippen molar-refractivity contribution in [3.8, 4) is 0 Å². The molecule has 0 heterocycles. The summed E-state index contributed by atoms with van der Waals surface area (Å²) in [6.07, 6.45) is 8.84. The predicted octanol–water partition coefficient (Wildman–Crippen LogP) is 4.22. The number of thioether (sulfide) groups is 1. The third-order valence-corrected chi connectivity index (χ3v) is 3.99. The first-order chi connectivity index (χ1) is 7.25. The van der Waals surface area contributed by atoms with Crippen molar-refractivity contribution in [3.05, 3.63) is 54.1 Å². The van der Waals surface area contributed by atoms with Crippen LogP contribution in [0.2, 0.25) is 0 Å². The predicted molar refractivity (Wildman–Crippen MR) is 68.3 cm³/mol. The van der Waals surface area contributed by atoms with E-state index in [2.05, 4.69) is 62.4 Å². The maximum absolute atomic E-state index is 2.29. The second kappa shape index (κ2) is 4.71. The van der Waals surface area contributed by atoms with Gasteiger partial charge in [-0.05, 0) is 25.0 Å². The smallest absolute Gasteiger partial charge is 0.0337 e. The Morgan fingerprint density at radius 1 is 1.13 bits per heavy atom. The van der Waals surface area contributed by atoms with E-state index in [0.29, 0.717) is 11.2 Å². The second-order valence-corrected chi connectivity index (χ2v) is 5.28. The van der Waals surface area contributed by atoms with E-state index in [1.165, 1.54) is 10.5 Å². The minimum atomic E-state index is 0.580. The van der Waals surface area contributed by atoms with E-state index in [4.69, 9.17) is 0 Å². The minimum absolute atomic E-state index is 0.580. The molecule has 78 valence electrons. The summed E-state index contributed by atoms with van der Waals surface area (Å²) in [6.45, 7) is 4.41. The van der Waals surface area contributed by atoms with Crippen LogP contribution >= 0.6 is 11.8 Å². The van der Waals surface area contributed by atoms with Crippen LogP contribution in [0.1, 0.15) is 12.5 Å². The van der Waals surface area contributed by atoms with Crippen molar-refractivity contribution in [2.45, 2.75) is 24.0 Å². The SMILES string of the molecule is Cc1cccc(SC2C=CC=CC2C)c1. The molecule has 0 fully saturated rings. The molecule has 0 amide bonds. The van der Waals surface area contributed by atoms with Gasteiger partial charge < -0.3 is 0 Å². The molecule has 0 saturated heterocycles. The van der Waals surface area contributed by atoms with Gasteiger partial charge in [-0.25, -0.2) is 0 Å². The van der Waals surface area contributed by atoms with Crippen LogP contribution in [0, 0.1) is 12.8 Å². The maximum Gasteiger partial charge on any atom is 0.0337 e. The van der Waals surface area contributed by atoms with E-state index >= 15 is 0 Å². The van der Waals surface area contributed by atoms with Crippen LogP contribution in [0.15, 0.2) is 53.5 Å². The van der Waals surface area contributed by atoms with Crippen molar-refractivity contribution in [1.82, 2.24) is 0 Å². The van der Waals surface area contributed by atoms with Gasteiger partial charge in [-0.1, -0.05) is 48.9 Å². The van der Waals surface area contributed by atoms with Gasteiger partial charge in [0.15, 0.2) is 0 Å². The molecule has 15 heavy (non-hydrogen) atoms. The minimum Gasteiger partial charge on any atom is -0.118 e. The molecular weight excluding hydrogens is 200 g/mol. The Hall–Kier alpha value is -0.950. The molecule has 1 heteroatoms. The van der Waals surface area contributed by atoms with E-state index < -0.39 is 0 Å². The van der Waals surface area contributed by atoms with Crippen LogP contribution in [-0.4, -0.2) is 5.25 Å². The molecule has 1 aliphatic rings. The molecule has 0 spiro atoms. The van der Waals surface area contributed by atoms with Crippen LogP contribution in [0.4, 0.5) is 0 Å². The van der Waals surface area contributed by atoms with Crippen LogP contribution in [0.25, 0.3) is 0 Å². The second-order valence-electron chi connectivity index (χ2n) is 4.03. The zero-order valence-electron chi connectivity index (χ0n) is 9.18. The molecule has 1 aliphatic carbocycles. The van der Waals surface area contributed by atoms with E-state index in [9.17, 15) is 0 Å². The van der Waals surface area contributed by atoms with Crippen molar-refractivity contribution in [2.24, 2.45) is 5.92 Å². The maximum atomic E-state index is 2.29.